The molecule has 0 fully saturated rings. The fourth-order valence-electron chi connectivity index (χ4n) is 2.93. The van der Waals surface area contributed by atoms with Gasteiger partial charge in [-0.25, -0.2) is 0 Å². The quantitative estimate of drug-likeness (QED) is 0.616. The molecule has 0 aliphatic carbocycles. The molecule has 0 saturated heterocycles. The van der Waals surface area contributed by atoms with Crippen molar-refractivity contribution in [1.82, 2.24) is 0 Å². The highest BCUT2D eigenvalue weighted by molar-refractivity contribution is 6.31. The molecule has 136 valence electrons. The zero-order valence-electron chi connectivity index (χ0n) is 15.7. The summed E-state index contributed by atoms with van der Waals surface area (Å²) in [7, 11) is 0. The average molecular weight is 381 g/mol. The van der Waals surface area contributed by atoms with Crippen LogP contribution in [0.1, 0.15) is 63.8 Å². The van der Waals surface area contributed by atoms with Gasteiger partial charge in [-0.1, -0.05) is 64.7 Å². The number of rotatable bonds is 2. The van der Waals surface area contributed by atoms with Crippen molar-refractivity contribution in [3.05, 3.63) is 56.6 Å². The SMILES string of the molecule is CC(C)(C)c1cc(Cl)cc(Cc2cc(Cl)cc(C(C)(C)C)c2O)c1O. The molecule has 4 heteroatoms. The van der Waals surface area contributed by atoms with Crippen LogP contribution < -0.4 is 0 Å². The van der Waals surface area contributed by atoms with E-state index in [4.69, 9.17) is 23.2 Å². The summed E-state index contributed by atoms with van der Waals surface area (Å²) in [6, 6.07) is 7.06. The highest BCUT2D eigenvalue weighted by atomic mass is 35.5. The van der Waals surface area contributed by atoms with E-state index in [-0.39, 0.29) is 22.3 Å². The molecule has 0 unspecified atom stereocenters. The van der Waals surface area contributed by atoms with E-state index >= 15 is 0 Å². The topological polar surface area (TPSA) is 40.5 Å². The van der Waals surface area contributed by atoms with Crippen molar-refractivity contribution in [2.75, 3.05) is 0 Å². The Kier molecular flexibility index (Phi) is 5.37. The van der Waals surface area contributed by atoms with Crippen LogP contribution in [-0.4, -0.2) is 10.2 Å². The molecule has 0 aliphatic heterocycles. The zero-order chi connectivity index (χ0) is 19.2. The summed E-state index contributed by atoms with van der Waals surface area (Å²) < 4.78 is 0. The van der Waals surface area contributed by atoms with E-state index in [2.05, 4.69) is 0 Å². The lowest BCUT2D eigenvalue weighted by molar-refractivity contribution is 0.435. The van der Waals surface area contributed by atoms with E-state index in [0.29, 0.717) is 27.6 Å². The van der Waals surface area contributed by atoms with Gasteiger partial charge < -0.3 is 10.2 Å². The van der Waals surface area contributed by atoms with Gasteiger partial charge in [0.25, 0.3) is 0 Å². The minimum Gasteiger partial charge on any atom is -0.507 e. The fraction of sp³-hybridized carbons (Fsp3) is 0.429. The lowest BCUT2D eigenvalue weighted by Crippen LogP contribution is -2.13. The molecule has 0 heterocycles. The van der Waals surface area contributed by atoms with E-state index in [1.807, 2.05) is 41.5 Å². The third-order valence-corrected chi connectivity index (χ3v) is 4.74. The summed E-state index contributed by atoms with van der Waals surface area (Å²) in [5.41, 5.74) is 2.44. The Morgan fingerprint density at radius 2 is 1.00 bits per heavy atom. The molecule has 2 aromatic carbocycles. The lowest BCUT2D eigenvalue weighted by atomic mass is 9.83. The van der Waals surface area contributed by atoms with Gasteiger partial charge in [0.15, 0.2) is 0 Å². The number of benzene rings is 2. The van der Waals surface area contributed by atoms with Crippen molar-refractivity contribution < 1.29 is 10.2 Å². The minimum atomic E-state index is -0.239. The molecule has 0 radical (unpaired) electrons. The Hall–Kier alpha value is -1.38. The summed E-state index contributed by atoms with van der Waals surface area (Å²) in [4.78, 5) is 0. The lowest BCUT2D eigenvalue weighted by Gasteiger charge is -2.24. The van der Waals surface area contributed by atoms with Gasteiger partial charge in [0.1, 0.15) is 11.5 Å². The predicted octanol–water partition coefficient (Wildman–Crippen LogP) is 6.59. The van der Waals surface area contributed by atoms with E-state index in [1.165, 1.54) is 0 Å². The Balaban J connectivity index is 2.58. The summed E-state index contributed by atoms with van der Waals surface area (Å²) in [5.74, 6) is 0.433. The van der Waals surface area contributed by atoms with Crippen LogP contribution in [-0.2, 0) is 17.3 Å². The molecular weight excluding hydrogens is 355 g/mol. The van der Waals surface area contributed by atoms with E-state index in [0.717, 1.165) is 11.1 Å². The number of halogens is 2. The summed E-state index contributed by atoms with van der Waals surface area (Å²) in [6.45, 7) is 12.1. The first-order chi connectivity index (χ1) is 11.3. The summed E-state index contributed by atoms with van der Waals surface area (Å²) in [6.07, 6.45) is 0.352. The van der Waals surface area contributed by atoms with Crippen molar-refractivity contribution in [1.29, 1.82) is 0 Å². The van der Waals surface area contributed by atoms with Crippen molar-refractivity contribution in [3.63, 3.8) is 0 Å². The Bertz CT molecular complexity index is 730. The van der Waals surface area contributed by atoms with Gasteiger partial charge in [-0.3, -0.25) is 0 Å². The Labute approximate surface area is 160 Å². The molecule has 0 atom stereocenters. The van der Waals surface area contributed by atoms with Crippen LogP contribution in [0.15, 0.2) is 24.3 Å². The third kappa shape index (κ3) is 4.43. The Morgan fingerprint density at radius 3 is 1.28 bits per heavy atom. The van der Waals surface area contributed by atoms with E-state index in [1.54, 1.807) is 24.3 Å². The van der Waals surface area contributed by atoms with Crippen LogP contribution in [0.25, 0.3) is 0 Å². The standard InChI is InChI=1S/C21H26Cl2O2/c1-20(2,3)16-10-14(22)8-12(18(16)24)7-13-9-15(23)11-17(19(13)25)21(4,5)6/h8-11,24-25H,7H2,1-6H3. The zero-order valence-corrected chi connectivity index (χ0v) is 17.2. The number of hydrogen-bond donors (Lipinski definition) is 2. The summed E-state index contributed by atoms with van der Waals surface area (Å²) in [5, 5.41) is 22.6. The summed E-state index contributed by atoms with van der Waals surface area (Å²) >= 11 is 12.5. The van der Waals surface area contributed by atoms with Crippen LogP contribution in [0.2, 0.25) is 10.0 Å². The van der Waals surface area contributed by atoms with Crippen molar-refractivity contribution in [2.45, 2.75) is 58.8 Å². The van der Waals surface area contributed by atoms with Crippen LogP contribution in [0.3, 0.4) is 0 Å². The minimum absolute atomic E-state index is 0.216. The molecule has 2 aromatic rings. The van der Waals surface area contributed by atoms with E-state index < -0.39 is 0 Å². The molecule has 0 spiro atoms. The second-order valence-corrected chi connectivity index (χ2v) is 9.47. The van der Waals surface area contributed by atoms with Gasteiger partial charge in [-0.05, 0) is 35.1 Å². The number of phenolic OH excluding ortho intramolecular Hbond substituents is 2. The van der Waals surface area contributed by atoms with Gasteiger partial charge in [0.2, 0.25) is 0 Å². The smallest absolute Gasteiger partial charge is 0.122 e. The predicted molar refractivity (Wildman–Crippen MR) is 106 cm³/mol. The van der Waals surface area contributed by atoms with Crippen LogP contribution in [0, 0.1) is 0 Å². The molecule has 0 bridgehead atoms. The van der Waals surface area contributed by atoms with Crippen LogP contribution >= 0.6 is 23.2 Å². The van der Waals surface area contributed by atoms with Gasteiger partial charge in [0.05, 0.1) is 0 Å². The first kappa shape index (κ1) is 19.9. The maximum Gasteiger partial charge on any atom is 0.122 e. The molecule has 2 N–H and O–H groups in total. The van der Waals surface area contributed by atoms with Gasteiger partial charge in [-0.2, -0.15) is 0 Å². The molecule has 0 amide bonds. The molecule has 2 rings (SSSR count). The molecule has 0 saturated carbocycles. The average Bonchev–Trinajstić information content (AvgIpc) is 2.43. The van der Waals surface area contributed by atoms with Gasteiger partial charge >= 0.3 is 0 Å². The maximum atomic E-state index is 10.7. The van der Waals surface area contributed by atoms with Gasteiger partial charge in [-0.15, -0.1) is 0 Å². The maximum absolute atomic E-state index is 10.7. The first-order valence-corrected chi connectivity index (χ1v) is 9.10. The highest BCUT2D eigenvalue weighted by Gasteiger charge is 2.24. The fourth-order valence-corrected chi connectivity index (χ4v) is 3.41. The number of hydrogen-bond acceptors (Lipinski definition) is 2. The second-order valence-electron chi connectivity index (χ2n) is 8.60. The van der Waals surface area contributed by atoms with Crippen molar-refractivity contribution in [2.24, 2.45) is 0 Å². The monoisotopic (exact) mass is 380 g/mol. The molecule has 2 nitrogen and oxygen atoms in total. The largest absolute Gasteiger partial charge is 0.507 e. The second kappa shape index (κ2) is 6.74. The van der Waals surface area contributed by atoms with Gasteiger partial charge in [0, 0.05) is 38.7 Å². The molecular formula is C21H26Cl2O2. The van der Waals surface area contributed by atoms with Crippen LogP contribution in [0.4, 0.5) is 0 Å². The molecule has 0 aliphatic rings. The normalized spacial score (nSPS) is 12.5. The number of phenols is 2. The van der Waals surface area contributed by atoms with Crippen molar-refractivity contribution in [3.8, 4) is 11.5 Å². The van der Waals surface area contributed by atoms with Crippen molar-refractivity contribution >= 4 is 23.2 Å². The third-order valence-electron chi connectivity index (χ3n) is 4.30. The van der Waals surface area contributed by atoms with Crippen LogP contribution in [0.5, 0.6) is 11.5 Å². The molecule has 0 aromatic heterocycles. The molecule has 25 heavy (non-hydrogen) atoms. The Morgan fingerprint density at radius 1 is 0.680 bits per heavy atom. The highest BCUT2D eigenvalue weighted by Crippen LogP contribution is 2.40. The van der Waals surface area contributed by atoms with E-state index in [9.17, 15) is 10.2 Å². The first-order valence-electron chi connectivity index (χ1n) is 8.34. The number of aromatic hydroxyl groups is 2.